The first-order valence-corrected chi connectivity index (χ1v) is 5.50. The van der Waals surface area contributed by atoms with Gasteiger partial charge in [0.1, 0.15) is 16.6 Å². The van der Waals surface area contributed by atoms with Crippen molar-refractivity contribution in [3.8, 4) is 0 Å². The molecule has 84 valence electrons. The number of amides is 1. The summed E-state index contributed by atoms with van der Waals surface area (Å²) < 4.78 is 25.5. The van der Waals surface area contributed by atoms with Crippen LogP contribution in [-0.2, 0) is 17.3 Å². The van der Waals surface area contributed by atoms with Crippen molar-refractivity contribution in [3.05, 3.63) is 16.1 Å². The molecule has 0 aromatic carbocycles. The van der Waals surface area contributed by atoms with Crippen LogP contribution in [0.1, 0.15) is 17.6 Å². The Hall–Kier alpha value is -0.750. The van der Waals surface area contributed by atoms with Crippen LogP contribution in [0, 0.1) is 0 Å². The molecule has 1 aromatic rings. The molecule has 0 radical (unpaired) electrons. The second-order valence-electron chi connectivity index (χ2n) is 2.93. The molecule has 0 fully saturated rings. The quantitative estimate of drug-likeness (QED) is 0.837. The monoisotopic (exact) mass is 254 g/mol. The lowest BCUT2D eigenvalue weighted by Crippen LogP contribution is -2.23. The molecule has 3 nitrogen and oxygen atoms in total. The van der Waals surface area contributed by atoms with Crippen molar-refractivity contribution in [1.29, 1.82) is 0 Å². The number of rotatable bonds is 4. The number of carbonyl (C=O) groups excluding carboxylic acids is 1. The zero-order valence-corrected chi connectivity index (χ0v) is 9.46. The molecule has 0 bridgehead atoms. The average molecular weight is 255 g/mol. The fourth-order valence-corrected chi connectivity index (χ4v) is 1.72. The number of hydrogen-bond acceptors (Lipinski definition) is 3. The van der Waals surface area contributed by atoms with Gasteiger partial charge in [0, 0.05) is 12.3 Å². The normalized spacial score (nSPS) is 11.5. The molecule has 1 rings (SSSR count). The van der Waals surface area contributed by atoms with Crippen molar-refractivity contribution >= 4 is 28.8 Å². The highest BCUT2D eigenvalue weighted by molar-refractivity contribution is 7.09. The smallest absolute Gasteiger partial charge is 0.287 e. The Kier molecular flexibility index (Phi) is 3.98. The Balaban J connectivity index is 2.58. The number of hydrogen-bond donors (Lipinski definition) is 1. The van der Waals surface area contributed by atoms with Gasteiger partial charge in [-0.2, -0.15) is 8.78 Å². The summed E-state index contributed by atoms with van der Waals surface area (Å²) in [6.07, 6.45) is 0. The number of aromatic nitrogens is 1. The van der Waals surface area contributed by atoms with E-state index >= 15 is 0 Å². The van der Waals surface area contributed by atoms with Crippen molar-refractivity contribution in [1.82, 2.24) is 10.3 Å². The number of nitrogens with zero attached hydrogens (tertiary/aromatic N) is 1. The molecule has 1 aromatic heterocycles. The van der Waals surface area contributed by atoms with Gasteiger partial charge in [-0.25, -0.2) is 4.98 Å². The number of carbonyl (C=O) groups is 1. The van der Waals surface area contributed by atoms with E-state index < -0.39 is 5.92 Å². The molecular formula is C8H9ClF2N2OS. The van der Waals surface area contributed by atoms with Crippen LogP contribution in [0.5, 0.6) is 0 Å². The lowest BCUT2D eigenvalue weighted by molar-refractivity contribution is -0.118. The molecule has 1 amide bonds. The fraction of sp³-hybridized carbons (Fsp3) is 0.500. The Morgan fingerprint density at radius 2 is 2.40 bits per heavy atom. The molecule has 0 saturated carbocycles. The Bertz CT molecular complexity index is 351. The second kappa shape index (κ2) is 4.85. The van der Waals surface area contributed by atoms with Gasteiger partial charge >= 0.3 is 0 Å². The van der Waals surface area contributed by atoms with Crippen LogP contribution < -0.4 is 5.32 Å². The largest absolute Gasteiger partial charge is 0.349 e. The maximum atomic E-state index is 12.8. The molecule has 1 N–H and O–H groups in total. The number of alkyl halides is 3. The summed E-state index contributed by atoms with van der Waals surface area (Å²) in [7, 11) is 0. The number of nitrogens with one attached hydrogen (secondary N) is 1. The van der Waals surface area contributed by atoms with E-state index in [1.807, 2.05) is 0 Å². The van der Waals surface area contributed by atoms with E-state index in [0.29, 0.717) is 5.01 Å². The minimum absolute atomic E-state index is 0.131. The van der Waals surface area contributed by atoms with Gasteiger partial charge in [-0.1, -0.05) is 0 Å². The van der Waals surface area contributed by atoms with Gasteiger partial charge in [0.25, 0.3) is 5.92 Å². The predicted octanol–water partition coefficient (Wildman–Crippen LogP) is 2.11. The molecule has 1 heterocycles. The summed E-state index contributed by atoms with van der Waals surface area (Å²) in [6, 6.07) is 0. The van der Waals surface area contributed by atoms with Crippen LogP contribution in [0.2, 0.25) is 0 Å². The molecule has 7 heteroatoms. The van der Waals surface area contributed by atoms with Gasteiger partial charge in [0.15, 0.2) is 0 Å². The van der Waals surface area contributed by atoms with Crippen LogP contribution in [0.15, 0.2) is 5.38 Å². The van der Waals surface area contributed by atoms with E-state index in [0.717, 1.165) is 18.3 Å². The second-order valence-corrected chi connectivity index (χ2v) is 4.14. The molecule has 0 spiro atoms. The molecule has 0 saturated heterocycles. The summed E-state index contributed by atoms with van der Waals surface area (Å²) in [5, 5.41) is 4.16. The molecular weight excluding hydrogens is 246 g/mol. The van der Waals surface area contributed by atoms with Gasteiger partial charge < -0.3 is 5.32 Å². The minimum Gasteiger partial charge on any atom is -0.349 e. The van der Waals surface area contributed by atoms with E-state index in [-0.39, 0.29) is 24.0 Å². The Morgan fingerprint density at radius 3 is 2.87 bits per heavy atom. The van der Waals surface area contributed by atoms with Crippen LogP contribution in [0.3, 0.4) is 0 Å². The Labute approximate surface area is 94.5 Å². The number of thiazole rings is 1. The highest BCUT2D eigenvalue weighted by Gasteiger charge is 2.27. The molecule has 0 aliphatic rings. The average Bonchev–Trinajstić information content (AvgIpc) is 2.61. The lowest BCUT2D eigenvalue weighted by atomic mass is 10.3. The standard InChI is InChI=1S/C8H9ClF2N2OS/c1-8(10,11)5-4-15-7(13-5)3-12-6(14)2-9/h4H,2-3H2,1H3,(H,12,14). The zero-order valence-electron chi connectivity index (χ0n) is 7.89. The van der Waals surface area contributed by atoms with Crippen molar-refractivity contribution in [2.45, 2.75) is 19.4 Å². The van der Waals surface area contributed by atoms with Crippen LogP contribution in [0.4, 0.5) is 8.78 Å². The van der Waals surface area contributed by atoms with E-state index in [9.17, 15) is 13.6 Å². The maximum Gasteiger partial charge on any atom is 0.287 e. The van der Waals surface area contributed by atoms with E-state index in [1.165, 1.54) is 5.38 Å². The SMILES string of the molecule is CC(F)(F)c1csc(CNC(=O)CCl)n1. The fourth-order valence-electron chi connectivity index (χ4n) is 0.815. The van der Waals surface area contributed by atoms with E-state index in [1.54, 1.807) is 0 Å². The van der Waals surface area contributed by atoms with Crippen LogP contribution in [0.25, 0.3) is 0 Å². The predicted molar refractivity (Wildman–Crippen MR) is 54.2 cm³/mol. The van der Waals surface area contributed by atoms with Crippen LogP contribution >= 0.6 is 22.9 Å². The van der Waals surface area contributed by atoms with Gasteiger partial charge in [0.2, 0.25) is 5.91 Å². The van der Waals surface area contributed by atoms with Gasteiger partial charge in [-0.15, -0.1) is 22.9 Å². The summed E-state index contributed by atoms with van der Waals surface area (Å²) in [5.41, 5.74) is -0.275. The first-order chi connectivity index (χ1) is 6.93. The van der Waals surface area contributed by atoms with Gasteiger partial charge in [-0.05, 0) is 0 Å². The minimum atomic E-state index is -2.94. The third kappa shape index (κ3) is 3.71. The Morgan fingerprint density at radius 1 is 1.73 bits per heavy atom. The summed E-state index contributed by atoms with van der Waals surface area (Å²) in [5.74, 6) is -3.44. The molecule has 15 heavy (non-hydrogen) atoms. The zero-order chi connectivity index (χ0) is 11.5. The third-order valence-corrected chi connectivity index (χ3v) is 2.65. The topological polar surface area (TPSA) is 42.0 Å². The van der Waals surface area contributed by atoms with Crippen molar-refractivity contribution in [2.24, 2.45) is 0 Å². The van der Waals surface area contributed by atoms with Crippen LogP contribution in [-0.4, -0.2) is 16.8 Å². The summed E-state index contributed by atoms with van der Waals surface area (Å²) in [6.45, 7) is 0.912. The van der Waals surface area contributed by atoms with Gasteiger partial charge in [0.05, 0.1) is 6.54 Å². The lowest BCUT2D eigenvalue weighted by Gasteiger charge is -2.04. The molecule has 0 aliphatic heterocycles. The number of halogens is 3. The first-order valence-electron chi connectivity index (χ1n) is 4.09. The molecule has 0 unspecified atom stereocenters. The molecule has 0 aliphatic carbocycles. The van der Waals surface area contributed by atoms with Gasteiger partial charge in [-0.3, -0.25) is 4.79 Å². The molecule has 0 atom stereocenters. The van der Waals surface area contributed by atoms with Crippen molar-refractivity contribution in [2.75, 3.05) is 5.88 Å². The highest BCUT2D eigenvalue weighted by atomic mass is 35.5. The van der Waals surface area contributed by atoms with E-state index in [4.69, 9.17) is 11.6 Å². The maximum absolute atomic E-state index is 12.8. The third-order valence-electron chi connectivity index (χ3n) is 1.56. The first kappa shape index (κ1) is 12.3. The van der Waals surface area contributed by atoms with E-state index in [2.05, 4.69) is 10.3 Å². The summed E-state index contributed by atoms with van der Waals surface area (Å²) in [4.78, 5) is 14.5. The van der Waals surface area contributed by atoms with Crippen molar-refractivity contribution < 1.29 is 13.6 Å². The van der Waals surface area contributed by atoms with Crippen molar-refractivity contribution in [3.63, 3.8) is 0 Å². The summed E-state index contributed by atoms with van der Waals surface area (Å²) >= 11 is 6.33. The highest BCUT2D eigenvalue weighted by Crippen LogP contribution is 2.27.